The molecule has 0 spiro atoms. The molecule has 1 aromatic heterocycles. The molecule has 0 unspecified atom stereocenters. The van der Waals surface area contributed by atoms with E-state index in [2.05, 4.69) is 26.0 Å². The molecule has 0 N–H and O–H groups in total. The van der Waals surface area contributed by atoms with E-state index in [4.69, 9.17) is 10.2 Å². The van der Waals surface area contributed by atoms with Crippen LogP contribution >= 0.6 is 0 Å². The molecule has 0 amide bonds. The van der Waals surface area contributed by atoms with Crippen LogP contribution in [0, 0.1) is 11.8 Å². The minimum absolute atomic E-state index is 0.664. The fourth-order valence-electron chi connectivity index (χ4n) is 6.00. The van der Waals surface area contributed by atoms with Gasteiger partial charge in [0.15, 0.2) is 0 Å². The lowest BCUT2D eigenvalue weighted by molar-refractivity contribution is 0.294. The molecule has 0 saturated heterocycles. The molecular weight excluding hydrogens is 364 g/mol. The van der Waals surface area contributed by atoms with E-state index in [-0.39, 0.29) is 0 Å². The molecule has 1 aromatic rings. The second-order valence-electron chi connectivity index (χ2n) is 10.5. The molecule has 0 radical (unpaired) electrons. The highest BCUT2D eigenvalue weighted by Gasteiger charge is 2.25. The first-order valence-corrected chi connectivity index (χ1v) is 13.6. The van der Waals surface area contributed by atoms with Crippen molar-refractivity contribution < 1.29 is 0 Å². The topological polar surface area (TPSA) is 25.8 Å². The van der Waals surface area contributed by atoms with E-state index in [1.807, 2.05) is 0 Å². The first-order valence-electron chi connectivity index (χ1n) is 13.6. The van der Waals surface area contributed by atoms with Crippen molar-refractivity contribution in [3.8, 4) is 0 Å². The Balaban J connectivity index is 1.36. The van der Waals surface area contributed by atoms with Gasteiger partial charge in [-0.1, -0.05) is 78.1 Å². The van der Waals surface area contributed by atoms with E-state index >= 15 is 0 Å². The van der Waals surface area contributed by atoms with Gasteiger partial charge in [-0.05, 0) is 75.3 Å². The van der Waals surface area contributed by atoms with Crippen molar-refractivity contribution in [1.82, 2.24) is 10.2 Å². The second-order valence-corrected chi connectivity index (χ2v) is 10.5. The Morgan fingerprint density at radius 1 is 0.567 bits per heavy atom. The maximum atomic E-state index is 4.73. The summed E-state index contributed by atoms with van der Waals surface area (Å²) in [6.45, 7) is 4.61. The largest absolute Gasteiger partial charge is 0.155 e. The van der Waals surface area contributed by atoms with Gasteiger partial charge in [0, 0.05) is 11.8 Å². The number of unbranched alkanes of at least 4 members (excludes halogenated alkanes) is 6. The van der Waals surface area contributed by atoms with Gasteiger partial charge in [0.2, 0.25) is 0 Å². The maximum absolute atomic E-state index is 4.73. The molecule has 2 aliphatic carbocycles. The van der Waals surface area contributed by atoms with Crippen LogP contribution < -0.4 is 0 Å². The normalized spacial score (nSPS) is 27.3. The highest BCUT2D eigenvalue weighted by atomic mass is 15.1. The summed E-state index contributed by atoms with van der Waals surface area (Å²) >= 11 is 0. The highest BCUT2D eigenvalue weighted by Crippen LogP contribution is 2.39. The molecule has 2 heteroatoms. The van der Waals surface area contributed by atoms with E-state index in [9.17, 15) is 0 Å². The molecule has 0 bridgehead atoms. The first-order chi connectivity index (χ1) is 14.8. The molecule has 170 valence electrons. The lowest BCUT2D eigenvalue weighted by atomic mass is 9.77. The van der Waals surface area contributed by atoms with Crippen molar-refractivity contribution >= 4 is 0 Å². The van der Waals surface area contributed by atoms with Crippen LogP contribution in [-0.4, -0.2) is 10.2 Å². The summed E-state index contributed by atoms with van der Waals surface area (Å²) in [5, 5.41) is 9.45. The Bertz CT molecular complexity index is 551. The zero-order valence-corrected chi connectivity index (χ0v) is 20.1. The monoisotopic (exact) mass is 412 g/mol. The average molecular weight is 413 g/mol. The third kappa shape index (κ3) is 7.65. The summed E-state index contributed by atoms with van der Waals surface area (Å²) in [7, 11) is 0. The Morgan fingerprint density at radius 3 is 1.40 bits per heavy atom. The quantitative estimate of drug-likeness (QED) is 0.320. The molecule has 3 rings (SSSR count). The smallest absolute Gasteiger partial charge is 0.0662 e. The van der Waals surface area contributed by atoms with Crippen LogP contribution in [0.2, 0.25) is 0 Å². The van der Waals surface area contributed by atoms with Gasteiger partial charge in [-0.15, -0.1) is 0 Å². The molecule has 30 heavy (non-hydrogen) atoms. The van der Waals surface area contributed by atoms with Crippen LogP contribution in [0.25, 0.3) is 0 Å². The Morgan fingerprint density at radius 2 is 0.967 bits per heavy atom. The predicted molar refractivity (Wildman–Crippen MR) is 129 cm³/mol. The van der Waals surface area contributed by atoms with Crippen LogP contribution in [0.5, 0.6) is 0 Å². The van der Waals surface area contributed by atoms with Gasteiger partial charge in [0.05, 0.1) is 11.4 Å². The Hall–Kier alpha value is -0.920. The van der Waals surface area contributed by atoms with E-state index in [0.717, 1.165) is 11.8 Å². The van der Waals surface area contributed by atoms with Crippen molar-refractivity contribution in [1.29, 1.82) is 0 Å². The van der Waals surface area contributed by atoms with Gasteiger partial charge >= 0.3 is 0 Å². The lowest BCUT2D eigenvalue weighted by Crippen LogP contribution is -2.17. The summed E-state index contributed by atoms with van der Waals surface area (Å²) in [6.07, 6.45) is 25.1. The van der Waals surface area contributed by atoms with Crippen molar-refractivity contribution in [2.24, 2.45) is 11.8 Å². The highest BCUT2D eigenvalue weighted by molar-refractivity contribution is 5.15. The molecule has 2 aliphatic rings. The SMILES string of the molecule is CCCCCCC[C@H]1CC[C@H](c2ccc([C@H]3CC[C@H](CCCCC)CC3)nn2)CC1. The first kappa shape index (κ1) is 23.7. The summed E-state index contributed by atoms with van der Waals surface area (Å²) in [5.74, 6) is 3.28. The molecule has 2 nitrogen and oxygen atoms in total. The van der Waals surface area contributed by atoms with E-state index in [1.54, 1.807) is 0 Å². The molecule has 1 heterocycles. The summed E-state index contributed by atoms with van der Waals surface area (Å²) in [5.41, 5.74) is 2.54. The van der Waals surface area contributed by atoms with Gasteiger partial charge < -0.3 is 0 Å². The fourth-order valence-corrected chi connectivity index (χ4v) is 6.00. The standard InChI is InChI=1S/C28H48N2/c1-3-5-7-8-10-12-24-15-19-26(20-16-24)28-22-21-27(29-30-28)25-17-13-23(14-18-25)11-9-6-4-2/h21-26H,3-20H2,1-2H3/t23-,24-,25-,26-. The predicted octanol–water partition coefficient (Wildman–Crippen LogP) is 8.97. The number of aromatic nitrogens is 2. The molecule has 2 fully saturated rings. The summed E-state index contributed by atoms with van der Waals surface area (Å²) in [4.78, 5) is 0. The third-order valence-electron chi connectivity index (χ3n) is 8.17. The molecular formula is C28H48N2. The second kappa shape index (κ2) is 13.5. The molecule has 0 aliphatic heterocycles. The van der Waals surface area contributed by atoms with Crippen LogP contribution in [0.3, 0.4) is 0 Å². The van der Waals surface area contributed by atoms with Crippen molar-refractivity contribution in [2.45, 2.75) is 141 Å². The molecule has 0 atom stereocenters. The van der Waals surface area contributed by atoms with Gasteiger partial charge in [-0.2, -0.15) is 10.2 Å². The van der Waals surface area contributed by atoms with E-state index in [1.165, 1.54) is 127 Å². The Labute approximate surface area is 187 Å². The van der Waals surface area contributed by atoms with Crippen LogP contribution in [0.1, 0.15) is 153 Å². The minimum Gasteiger partial charge on any atom is -0.155 e. The molecule has 2 saturated carbocycles. The lowest BCUT2D eigenvalue weighted by Gasteiger charge is -2.29. The van der Waals surface area contributed by atoms with Crippen molar-refractivity contribution in [3.63, 3.8) is 0 Å². The number of hydrogen-bond donors (Lipinski definition) is 0. The van der Waals surface area contributed by atoms with Gasteiger partial charge in [-0.3, -0.25) is 0 Å². The molecule has 0 aromatic carbocycles. The zero-order valence-electron chi connectivity index (χ0n) is 20.1. The van der Waals surface area contributed by atoms with Gasteiger partial charge in [-0.25, -0.2) is 0 Å². The minimum atomic E-state index is 0.664. The number of nitrogens with zero attached hydrogens (tertiary/aromatic N) is 2. The maximum Gasteiger partial charge on any atom is 0.0662 e. The van der Waals surface area contributed by atoms with Gasteiger partial charge in [0.1, 0.15) is 0 Å². The zero-order chi connectivity index (χ0) is 21.0. The third-order valence-corrected chi connectivity index (χ3v) is 8.17. The van der Waals surface area contributed by atoms with Crippen LogP contribution in [0.4, 0.5) is 0 Å². The number of hydrogen-bond acceptors (Lipinski definition) is 2. The average Bonchev–Trinajstić information content (AvgIpc) is 2.80. The summed E-state index contributed by atoms with van der Waals surface area (Å²) in [6, 6.07) is 4.65. The van der Waals surface area contributed by atoms with Crippen LogP contribution in [-0.2, 0) is 0 Å². The number of rotatable bonds is 12. The Kier molecular flexibility index (Phi) is 10.7. The van der Waals surface area contributed by atoms with Crippen LogP contribution in [0.15, 0.2) is 12.1 Å². The van der Waals surface area contributed by atoms with E-state index < -0.39 is 0 Å². The van der Waals surface area contributed by atoms with E-state index in [0.29, 0.717) is 11.8 Å². The van der Waals surface area contributed by atoms with Crippen molar-refractivity contribution in [2.75, 3.05) is 0 Å². The van der Waals surface area contributed by atoms with Gasteiger partial charge in [0.25, 0.3) is 0 Å². The van der Waals surface area contributed by atoms with Crippen molar-refractivity contribution in [3.05, 3.63) is 23.5 Å². The summed E-state index contributed by atoms with van der Waals surface area (Å²) < 4.78 is 0. The fraction of sp³-hybridized carbons (Fsp3) is 0.857.